The molecule has 4 nitrogen and oxygen atoms in total. The molecule has 0 radical (unpaired) electrons. The molecular formula is C17H25N3O. The largest absolute Gasteiger partial charge is 0.496 e. The number of nitrogens with zero attached hydrogens (tertiary/aromatic N) is 2. The molecule has 1 heterocycles. The van der Waals surface area contributed by atoms with Gasteiger partial charge < -0.3 is 15.4 Å². The van der Waals surface area contributed by atoms with Crippen LogP contribution in [0.15, 0.2) is 29.3 Å². The summed E-state index contributed by atoms with van der Waals surface area (Å²) in [6.07, 6.45) is 5.99. The minimum absolute atomic E-state index is 0.0340. The number of nitrogens with two attached hydrogens (primary N) is 1. The highest BCUT2D eigenvalue weighted by Crippen LogP contribution is 2.35. The van der Waals surface area contributed by atoms with Crippen LogP contribution in [-0.4, -0.2) is 36.1 Å². The Labute approximate surface area is 127 Å². The Balaban J connectivity index is 1.85. The van der Waals surface area contributed by atoms with Gasteiger partial charge in [0, 0.05) is 12.5 Å². The summed E-state index contributed by atoms with van der Waals surface area (Å²) in [7, 11) is 1.73. The average Bonchev–Trinajstić information content (AvgIpc) is 3.08. The number of rotatable bonds is 4. The molecule has 3 rings (SSSR count). The third-order valence-electron chi connectivity index (χ3n) is 4.86. The molecule has 0 aromatic heterocycles. The van der Waals surface area contributed by atoms with Gasteiger partial charge in [0.15, 0.2) is 5.96 Å². The number of para-hydroxylation sites is 1. The van der Waals surface area contributed by atoms with E-state index >= 15 is 0 Å². The quantitative estimate of drug-likeness (QED) is 0.926. The van der Waals surface area contributed by atoms with E-state index < -0.39 is 0 Å². The van der Waals surface area contributed by atoms with Crippen LogP contribution in [0.5, 0.6) is 5.75 Å². The second kappa shape index (κ2) is 5.58. The van der Waals surface area contributed by atoms with E-state index in [1.54, 1.807) is 7.11 Å². The van der Waals surface area contributed by atoms with Gasteiger partial charge in [0.1, 0.15) is 5.75 Å². The van der Waals surface area contributed by atoms with Crippen LogP contribution < -0.4 is 10.5 Å². The van der Waals surface area contributed by atoms with Crippen LogP contribution >= 0.6 is 0 Å². The molecule has 114 valence electrons. The number of hydrogen-bond acceptors (Lipinski definition) is 4. The maximum atomic E-state index is 6.20. The first-order valence-electron chi connectivity index (χ1n) is 7.85. The van der Waals surface area contributed by atoms with Crippen LogP contribution in [0.25, 0.3) is 0 Å². The highest BCUT2D eigenvalue weighted by Gasteiger charge is 2.42. The van der Waals surface area contributed by atoms with Crippen molar-refractivity contribution in [2.75, 3.05) is 13.7 Å². The van der Waals surface area contributed by atoms with Crippen molar-refractivity contribution in [2.24, 2.45) is 10.7 Å². The predicted octanol–water partition coefficient (Wildman–Crippen LogP) is 2.57. The maximum absolute atomic E-state index is 6.20. The normalized spacial score (nSPS) is 26.2. The first-order valence-corrected chi connectivity index (χ1v) is 7.85. The fraction of sp³-hybridized carbons (Fsp3) is 0.588. The van der Waals surface area contributed by atoms with Crippen molar-refractivity contribution in [3.8, 4) is 5.75 Å². The number of aliphatic imine (C=N–C) groups is 1. The van der Waals surface area contributed by atoms with Crippen LogP contribution in [0.4, 0.5) is 0 Å². The minimum atomic E-state index is -0.0340. The molecule has 0 bridgehead atoms. The summed E-state index contributed by atoms with van der Waals surface area (Å²) in [5.74, 6) is 1.68. The SMILES string of the molecule is COc1ccccc1CC1(C)CN=C(N)N1C1CCCC1. The molecule has 0 saturated heterocycles. The molecule has 1 fully saturated rings. The lowest BCUT2D eigenvalue weighted by atomic mass is 9.90. The van der Waals surface area contributed by atoms with Gasteiger partial charge in [-0.3, -0.25) is 4.99 Å². The molecule has 0 spiro atoms. The highest BCUT2D eigenvalue weighted by molar-refractivity contribution is 5.81. The summed E-state index contributed by atoms with van der Waals surface area (Å²) in [6.45, 7) is 3.05. The standard InChI is InChI=1S/C17H25N3O/c1-17(11-13-7-3-6-10-15(13)21-2)12-19-16(18)20(17)14-8-4-5-9-14/h3,6-7,10,14H,4-5,8-9,11-12H2,1-2H3,(H2,18,19). The summed E-state index contributed by atoms with van der Waals surface area (Å²) >= 11 is 0. The van der Waals surface area contributed by atoms with Crippen molar-refractivity contribution < 1.29 is 4.74 Å². The summed E-state index contributed by atoms with van der Waals surface area (Å²) in [5.41, 5.74) is 7.40. The topological polar surface area (TPSA) is 50.9 Å². The first kappa shape index (κ1) is 14.2. The van der Waals surface area contributed by atoms with E-state index in [0.717, 1.165) is 24.7 Å². The second-order valence-electron chi connectivity index (χ2n) is 6.47. The number of guanidine groups is 1. The van der Waals surface area contributed by atoms with E-state index in [4.69, 9.17) is 10.5 Å². The summed E-state index contributed by atoms with van der Waals surface area (Å²) in [4.78, 5) is 6.93. The Bertz CT molecular complexity index is 537. The number of hydrogen-bond donors (Lipinski definition) is 1. The Hall–Kier alpha value is -1.71. The number of benzene rings is 1. The van der Waals surface area contributed by atoms with Gasteiger partial charge in [-0.15, -0.1) is 0 Å². The molecule has 1 unspecified atom stereocenters. The lowest BCUT2D eigenvalue weighted by Gasteiger charge is -2.41. The molecule has 1 aliphatic carbocycles. The highest BCUT2D eigenvalue weighted by atomic mass is 16.5. The molecule has 21 heavy (non-hydrogen) atoms. The fourth-order valence-electron chi connectivity index (χ4n) is 3.87. The van der Waals surface area contributed by atoms with Gasteiger partial charge in [-0.1, -0.05) is 31.0 Å². The van der Waals surface area contributed by atoms with E-state index in [-0.39, 0.29) is 5.54 Å². The van der Waals surface area contributed by atoms with Crippen LogP contribution in [0.3, 0.4) is 0 Å². The Kier molecular flexibility index (Phi) is 3.79. The molecular weight excluding hydrogens is 262 g/mol. The Morgan fingerprint density at radius 1 is 1.33 bits per heavy atom. The lowest BCUT2D eigenvalue weighted by molar-refractivity contribution is 0.165. The zero-order valence-electron chi connectivity index (χ0n) is 13.0. The van der Waals surface area contributed by atoms with Gasteiger partial charge in [0.25, 0.3) is 0 Å². The summed E-state index contributed by atoms with van der Waals surface area (Å²) < 4.78 is 5.50. The van der Waals surface area contributed by atoms with Crippen molar-refractivity contribution in [2.45, 2.75) is 50.6 Å². The van der Waals surface area contributed by atoms with E-state index in [9.17, 15) is 0 Å². The molecule has 0 amide bonds. The van der Waals surface area contributed by atoms with E-state index in [1.807, 2.05) is 12.1 Å². The van der Waals surface area contributed by atoms with Gasteiger partial charge in [0.2, 0.25) is 0 Å². The molecule has 1 atom stereocenters. The predicted molar refractivity (Wildman–Crippen MR) is 85.7 cm³/mol. The fourth-order valence-corrected chi connectivity index (χ4v) is 3.87. The maximum Gasteiger partial charge on any atom is 0.192 e. The summed E-state index contributed by atoms with van der Waals surface area (Å²) in [6, 6.07) is 8.80. The lowest BCUT2D eigenvalue weighted by Crippen LogP contribution is -2.55. The smallest absolute Gasteiger partial charge is 0.192 e. The third kappa shape index (κ3) is 2.59. The molecule has 2 aliphatic rings. The number of methoxy groups -OCH3 is 1. The van der Waals surface area contributed by atoms with E-state index in [2.05, 4.69) is 28.9 Å². The van der Waals surface area contributed by atoms with Gasteiger partial charge in [-0.05, 0) is 31.4 Å². The van der Waals surface area contributed by atoms with Gasteiger partial charge in [0.05, 0.1) is 19.2 Å². The van der Waals surface area contributed by atoms with Crippen LogP contribution in [-0.2, 0) is 6.42 Å². The van der Waals surface area contributed by atoms with Crippen molar-refractivity contribution in [3.05, 3.63) is 29.8 Å². The zero-order chi connectivity index (χ0) is 14.9. The monoisotopic (exact) mass is 287 g/mol. The van der Waals surface area contributed by atoms with Crippen molar-refractivity contribution in [1.29, 1.82) is 0 Å². The van der Waals surface area contributed by atoms with E-state index in [1.165, 1.54) is 31.2 Å². The summed E-state index contributed by atoms with van der Waals surface area (Å²) in [5, 5.41) is 0. The van der Waals surface area contributed by atoms with Crippen LogP contribution in [0.2, 0.25) is 0 Å². The third-order valence-corrected chi connectivity index (χ3v) is 4.86. The van der Waals surface area contributed by atoms with Gasteiger partial charge in [-0.25, -0.2) is 0 Å². The minimum Gasteiger partial charge on any atom is -0.496 e. The molecule has 1 aromatic rings. The molecule has 4 heteroatoms. The second-order valence-corrected chi connectivity index (χ2v) is 6.47. The van der Waals surface area contributed by atoms with Crippen molar-refractivity contribution in [3.63, 3.8) is 0 Å². The van der Waals surface area contributed by atoms with Crippen LogP contribution in [0, 0.1) is 0 Å². The number of ether oxygens (including phenoxy) is 1. The van der Waals surface area contributed by atoms with Crippen molar-refractivity contribution in [1.82, 2.24) is 4.90 Å². The van der Waals surface area contributed by atoms with E-state index in [0.29, 0.717) is 6.04 Å². The average molecular weight is 287 g/mol. The Morgan fingerprint density at radius 3 is 2.76 bits per heavy atom. The first-order chi connectivity index (χ1) is 10.1. The molecule has 1 aromatic carbocycles. The molecule has 1 saturated carbocycles. The molecule has 2 N–H and O–H groups in total. The van der Waals surface area contributed by atoms with Gasteiger partial charge >= 0.3 is 0 Å². The van der Waals surface area contributed by atoms with Gasteiger partial charge in [-0.2, -0.15) is 0 Å². The van der Waals surface area contributed by atoms with Crippen LogP contribution in [0.1, 0.15) is 38.2 Å². The zero-order valence-corrected chi connectivity index (χ0v) is 13.0. The Morgan fingerprint density at radius 2 is 2.05 bits per heavy atom. The molecule has 1 aliphatic heterocycles. The van der Waals surface area contributed by atoms with Crippen molar-refractivity contribution >= 4 is 5.96 Å².